The molecule has 5 heteroatoms. The van der Waals surface area contributed by atoms with E-state index < -0.39 is 5.60 Å². The van der Waals surface area contributed by atoms with Gasteiger partial charge in [0.25, 0.3) is 5.91 Å². The molecule has 1 aliphatic heterocycles. The zero-order valence-corrected chi connectivity index (χ0v) is 10.7. The summed E-state index contributed by atoms with van der Waals surface area (Å²) in [5.41, 5.74) is -1.34. The molecule has 1 fully saturated rings. The lowest BCUT2D eigenvalue weighted by atomic mass is 9.95. The first-order chi connectivity index (χ1) is 7.86. The van der Waals surface area contributed by atoms with Crippen molar-refractivity contribution in [2.45, 2.75) is 39.2 Å². The third-order valence-corrected chi connectivity index (χ3v) is 2.93. The smallest absolute Gasteiger partial charge is 0.309 e. The number of ether oxygens (including phenoxy) is 1. The van der Waals surface area contributed by atoms with Crippen molar-refractivity contribution in [3.05, 3.63) is 0 Å². The van der Waals surface area contributed by atoms with Gasteiger partial charge in [0.1, 0.15) is 5.60 Å². The van der Waals surface area contributed by atoms with Gasteiger partial charge in [-0.3, -0.25) is 9.59 Å². The summed E-state index contributed by atoms with van der Waals surface area (Å²) in [6, 6.07) is 0. The number of likely N-dealkylation sites (tertiary alicyclic amines) is 1. The predicted molar refractivity (Wildman–Crippen MR) is 62.2 cm³/mol. The predicted octanol–water partition coefficient (Wildman–Crippen LogP) is 0.559. The summed E-state index contributed by atoms with van der Waals surface area (Å²) < 4.78 is 4.95. The number of nitrogens with zero attached hydrogens (tertiary/aromatic N) is 1. The van der Waals surface area contributed by atoms with Crippen molar-refractivity contribution < 1.29 is 19.4 Å². The lowest BCUT2D eigenvalue weighted by Gasteiger charge is -2.34. The van der Waals surface area contributed by atoms with Gasteiger partial charge in [0.05, 0.1) is 12.5 Å². The topological polar surface area (TPSA) is 66.8 Å². The van der Waals surface area contributed by atoms with Crippen LogP contribution in [-0.4, -0.2) is 47.2 Å². The van der Waals surface area contributed by atoms with Crippen LogP contribution in [0.5, 0.6) is 0 Å². The van der Waals surface area contributed by atoms with Gasteiger partial charge in [-0.1, -0.05) is 0 Å². The van der Waals surface area contributed by atoms with E-state index in [2.05, 4.69) is 0 Å². The highest BCUT2D eigenvalue weighted by molar-refractivity contribution is 5.84. The Kier molecular flexibility index (Phi) is 4.51. The third-order valence-electron chi connectivity index (χ3n) is 2.93. The summed E-state index contributed by atoms with van der Waals surface area (Å²) >= 11 is 0. The number of esters is 1. The fraction of sp³-hybridized carbons (Fsp3) is 0.833. The van der Waals surface area contributed by atoms with Crippen molar-refractivity contribution in [1.29, 1.82) is 0 Å². The van der Waals surface area contributed by atoms with E-state index in [0.29, 0.717) is 32.5 Å². The molecule has 1 saturated heterocycles. The first-order valence-corrected chi connectivity index (χ1v) is 6.04. The molecule has 0 aromatic carbocycles. The second kappa shape index (κ2) is 5.49. The summed E-state index contributed by atoms with van der Waals surface area (Å²) in [5, 5.41) is 9.61. The van der Waals surface area contributed by atoms with Gasteiger partial charge in [-0.15, -0.1) is 0 Å². The van der Waals surface area contributed by atoms with Gasteiger partial charge in [0.2, 0.25) is 0 Å². The van der Waals surface area contributed by atoms with Gasteiger partial charge in [-0.2, -0.15) is 0 Å². The minimum absolute atomic E-state index is 0.110. The van der Waals surface area contributed by atoms with E-state index in [1.54, 1.807) is 11.8 Å². The van der Waals surface area contributed by atoms with Crippen LogP contribution in [0.3, 0.4) is 0 Å². The Bertz CT molecular complexity index is 287. The molecule has 0 atom stereocenters. The van der Waals surface area contributed by atoms with Crippen LogP contribution in [-0.2, 0) is 14.3 Å². The van der Waals surface area contributed by atoms with E-state index in [1.165, 1.54) is 13.8 Å². The quantitative estimate of drug-likeness (QED) is 0.735. The standard InChI is InChI=1S/C12H21NO4/c1-4-17-10(14)9-5-7-13(8-6-9)11(15)12(2,3)16/h9,16H,4-8H2,1-3H3. The number of carbonyl (C=O) groups is 2. The Morgan fingerprint density at radius 1 is 1.35 bits per heavy atom. The van der Waals surface area contributed by atoms with Gasteiger partial charge < -0.3 is 14.7 Å². The molecular weight excluding hydrogens is 222 g/mol. The molecule has 0 saturated carbocycles. The Balaban J connectivity index is 2.46. The van der Waals surface area contributed by atoms with Crippen molar-refractivity contribution in [1.82, 2.24) is 4.90 Å². The normalized spacial score (nSPS) is 18.0. The second-order valence-corrected chi connectivity index (χ2v) is 4.88. The van der Waals surface area contributed by atoms with Crippen molar-refractivity contribution >= 4 is 11.9 Å². The minimum atomic E-state index is -1.34. The number of aliphatic hydroxyl groups is 1. The molecule has 1 heterocycles. The van der Waals surface area contributed by atoms with Gasteiger partial charge >= 0.3 is 5.97 Å². The Labute approximate surface area is 102 Å². The first-order valence-electron chi connectivity index (χ1n) is 6.04. The highest BCUT2D eigenvalue weighted by Gasteiger charge is 2.33. The van der Waals surface area contributed by atoms with Gasteiger partial charge in [0, 0.05) is 13.1 Å². The van der Waals surface area contributed by atoms with Crippen LogP contribution in [0.25, 0.3) is 0 Å². The van der Waals surface area contributed by atoms with E-state index in [0.717, 1.165) is 0 Å². The zero-order valence-electron chi connectivity index (χ0n) is 10.7. The molecule has 0 unspecified atom stereocenters. The van der Waals surface area contributed by atoms with E-state index in [9.17, 15) is 14.7 Å². The highest BCUT2D eigenvalue weighted by Crippen LogP contribution is 2.20. The van der Waals surface area contributed by atoms with Crippen LogP contribution in [0.15, 0.2) is 0 Å². The van der Waals surface area contributed by atoms with E-state index >= 15 is 0 Å². The molecule has 0 spiro atoms. The highest BCUT2D eigenvalue weighted by atomic mass is 16.5. The average molecular weight is 243 g/mol. The molecule has 0 aliphatic carbocycles. The molecular formula is C12H21NO4. The largest absolute Gasteiger partial charge is 0.466 e. The minimum Gasteiger partial charge on any atom is -0.466 e. The zero-order chi connectivity index (χ0) is 13.1. The summed E-state index contributed by atoms with van der Waals surface area (Å²) in [6.07, 6.45) is 1.22. The van der Waals surface area contributed by atoms with Crippen LogP contribution in [0.2, 0.25) is 0 Å². The summed E-state index contributed by atoms with van der Waals surface area (Å²) in [7, 11) is 0. The lowest BCUT2D eigenvalue weighted by molar-refractivity contribution is -0.155. The molecule has 98 valence electrons. The van der Waals surface area contributed by atoms with Gasteiger partial charge in [-0.25, -0.2) is 0 Å². The van der Waals surface area contributed by atoms with Crippen molar-refractivity contribution in [2.75, 3.05) is 19.7 Å². The van der Waals surface area contributed by atoms with E-state index in [4.69, 9.17) is 4.74 Å². The Hall–Kier alpha value is -1.10. The fourth-order valence-corrected chi connectivity index (χ4v) is 1.97. The van der Waals surface area contributed by atoms with Crippen molar-refractivity contribution in [3.63, 3.8) is 0 Å². The van der Waals surface area contributed by atoms with Crippen LogP contribution >= 0.6 is 0 Å². The maximum Gasteiger partial charge on any atom is 0.309 e. The number of piperidine rings is 1. The third kappa shape index (κ3) is 3.70. The number of rotatable bonds is 3. The average Bonchev–Trinajstić information content (AvgIpc) is 2.27. The van der Waals surface area contributed by atoms with Crippen molar-refractivity contribution in [3.8, 4) is 0 Å². The monoisotopic (exact) mass is 243 g/mol. The Morgan fingerprint density at radius 2 is 1.88 bits per heavy atom. The second-order valence-electron chi connectivity index (χ2n) is 4.88. The lowest BCUT2D eigenvalue weighted by Crippen LogP contribution is -2.49. The maximum absolute atomic E-state index is 11.8. The van der Waals surface area contributed by atoms with Crippen LogP contribution in [0.4, 0.5) is 0 Å². The summed E-state index contributed by atoms with van der Waals surface area (Å²) in [4.78, 5) is 24.9. The number of hydrogen-bond donors (Lipinski definition) is 1. The molecule has 17 heavy (non-hydrogen) atoms. The number of carbonyl (C=O) groups excluding carboxylic acids is 2. The number of amides is 1. The Morgan fingerprint density at radius 3 is 2.29 bits per heavy atom. The molecule has 0 aromatic rings. The molecule has 0 aromatic heterocycles. The van der Waals surface area contributed by atoms with Gasteiger partial charge in [0.15, 0.2) is 0 Å². The fourth-order valence-electron chi connectivity index (χ4n) is 1.97. The van der Waals surface area contributed by atoms with Crippen LogP contribution < -0.4 is 0 Å². The van der Waals surface area contributed by atoms with Gasteiger partial charge in [-0.05, 0) is 33.6 Å². The molecule has 1 N–H and O–H groups in total. The molecule has 1 rings (SSSR count). The maximum atomic E-state index is 11.8. The van der Waals surface area contributed by atoms with E-state index in [-0.39, 0.29) is 17.8 Å². The summed E-state index contributed by atoms with van der Waals surface area (Å²) in [6.45, 7) is 6.14. The van der Waals surface area contributed by atoms with Crippen LogP contribution in [0.1, 0.15) is 33.6 Å². The van der Waals surface area contributed by atoms with Crippen molar-refractivity contribution in [2.24, 2.45) is 5.92 Å². The molecule has 0 radical (unpaired) electrons. The first kappa shape index (κ1) is 14.0. The SMILES string of the molecule is CCOC(=O)C1CCN(C(=O)C(C)(C)O)CC1. The van der Waals surface area contributed by atoms with Crippen LogP contribution in [0, 0.1) is 5.92 Å². The summed E-state index contributed by atoms with van der Waals surface area (Å²) in [5.74, 6) is -0.566. The molecule has 1 amide bonds. The van der Waals surface area contributed by atoms with E-state index in [1.807, 2.05) is 0 Å². The molecule has 0 bridgehead atoms. The number of hydrogen-bond acceptors (Lipinski definition) is 4. The molecule has 5 nitrogen and oxygen atoms in total. The molecule has 1 aliphatic rings.